The molecule has 4 unspecified atom stereocenters. The molecule has 0 saturated carbocycles. The number of primary amides is 1. The van der Waals surface area contributed by atoms with Crippen LogP contribution in [0.15, 0.2) is 30.5 Å². The molecule has 0 fully saturated rings. The zero-order chi connectivity index (χ0) is 29.3. The maximum atomic E-state index is 13.3. The second-order valence-corrected chi connectivity index (χ2v) is 10.6. The van der Waals surface area contributed by atoms with E-state index in [1.807, 2.05) is 52.0 Å². The first-order valence-corrected chi connectivity index (χ1v) is 13.0. The molecular weight excluding hydrogens is 504 g/mol. The molecule has 12 heteroatoms. The highest BCUT2D eigenvalue weighted by atomic mass is 16.4. The van der Waals surface area contributed by atoms with Crippen LogP contribution < -0.4 is 27.4 Å². The number of carbonyl (C=O) groups excluding carboxylic acids is 4. The van der Waals surface area contributed by atoms with Gasteiger partial charge in [0.1, 0.15) is 18.1 Å². The van der Waals surface area contributed by atoms with E-state index in [9.17, 15) is 29.1 Å². The Kier molecular flexibility index (Phi) is 11.5. The Labute approximate surface area is 227 Å². The Morgan fingerprint density at radius 1 is 0.846 bits per heavy atom. The van der Waals surface area contributed by atoms with Gasteiger partial charge in [-0.2, -0.15) is 0 Å². The smallest absolute Gasteiger partial charge is 0.326 e. The number of nitrogens with two attached hydrogens (primary N) is 2. The van der Waals surface area contributed by atoms with Crippen molar-refractivity contribution in [1.29, 1.82) is 0 Å². The molecule has 2 rings (SSSR count). The number of H-pyrrole nitrogens is 1. The standard InChI is InChI=1S/C27H40N6O6/c1-14(2)9-20(31-24(35)18(28)12-23(29)34)25(36)32-21(10-15(3)4)26(37)33-22(27(38)39)11-16-13-30-19-8-6-5-7-17(16)19/h5-8,13-15,18,20-22,30H,9-12,28H2,1-4H3,(H2,29,34)(H,31,35)(H,32,36)(H,33,37)(H,38,39). The summed E-state index contributed by atoms with van der Waals surface area (Å²) >= 11 is 0. The van der Waals surface area contributed by atoms with Gasteiger partial charge in [0.05, 0.1) is 12.5 Å². The summed E-state index contributed by atoms with van der Waals surface area (Å²) in [6.07, 6.45) is 1.85. The number of benzene rings is 1. The van der Waals surface area contributed by atoms with E-state index >= 15 is 0 Å². The van der Waals surface area contributed by atoms with Crippen LogP contribution in [0.5, 0.6) is 0 Å². The van der Waals surface area contributed by atoms with E-state index < -0.39 is 53.8 Å². The quantitative estimate of drug-likeness (QED) is 0.169. The second kappa shape index (κ2) is 14.3. The number of fused-ring (bicyclic) bond motifs is 1. The van der Waals surface area contributed by atoms with E-state index in [0.717, 1.165) is 16.5 Å². The summed E-state index contributed by atoms with van der Waals surface area (Å²) < 4.78 is 0. The zero-order valence-electron chi connectivity index (χ0n) is 22.8. The molecule has 0 aliphatic rings. The Morgan fingerprint density at radius 2 is 1.36 bits per heavy atom. The third kappa shape index (κ3) is 9.71. The summed E-state index contributed by atoms with van der Waals surface area (Å²) in [5.74, 6) is -3.96. The number of carboxylic acid groups (broad SMARTS) is 1. The van der Waals surface area contributed by atoms with E-state index in [2.05, 4.69) is 20.9 Å². The molecule has 1 aromatic heterocycles. The van der Waals surface area contributed by atoms with E-state index in [0.29, 0.717) is 0 Å². The first-order chi connectivity index (χ1) is 18.3. The number of amides is 4. The number of para-hydroxylation sites is 1. The van der Waals surface area contributed by atoms with Crippen LogP contribution in [0.2, 0.25) is 0 Å². The fourth-order valence-corrected chi connectivity index (χ4v) is 4.26. The lowest BCUT2D eigenvalue weighted by Crippen LogP contribution is -2.58. The summed E-state index contributed by atoms with van der Waals surface area (Å²) in [6, 6.07) is 2.90. The number of aromatic amines is 1. The van der Waals surface area contributed by atoms with Gasteiger partial charge in [0.2, 0.25) is 23.6 Å². The fourth-order valence-electron chi connectivity index (χ4n) is 4.26. The van der Waals surface area contributed by atoms with Crippen molar-refractivity contribution < 1.29 is 29.1 Å². The number of aliphatic carboxylic acids is 1. The largest absolute Gasteiger partial charge is 0.480 e. The minimum Gasteiger partial charge on any atom is -0.480 e. The molecule has 12 nitrogen and oxygen atoms in total. The van der Waals surface area contributed by atoms with Gasteiger partial charge in [0.15, 0.2) is 0 Å². The van der Waals surface area contributed by atoms with Crippen LogP contribution in [-0.4, -0.2) is 63.9 Å². The van der Waals surface area contributed by atoms with Crippen molar-refractivity contribution in [3.8, 4) is 0 Å². The number of carbonyl (C=O) groups is 5. The zero-order valence-corrected chi connectivity index (χ0v) is 22.8. The number of carboxylic acids is 1. The van der Waals surface area contributed by atoms with Gasteiger partial charge in [-0.3, -0.25) is 19.2 Å². The van der Waals surface area contributed by atoms with Crippen molar-refractivity contribution in [1.82, 2.24) is 20.9 Å². The van der Waals surface area contributed by atoms with E-state index in [1.165, 1.54) is 0 Å². The van der Waals surface area contributed by atoms with Gasteiger partial charge < -0.3 is 37.5 Å². The minimum absolute atomic E-state index is 0.00152. The van der Waals surface area contributed by atoms with E-state index in [1.54, 1.807) is 6.20 Å². The molecule has 9 N–H and O–H groups in total. The van der Waals surface area contributed by atoms with Crippen molar-refractivity contribution in [3.05, 3.63) is 36.0 Å². The predicted octanol–water partition coefficient (Wildman–Crippen LogP) is 0.544. The highest BCUT2D eigenvalue weighted by molar-refractivity contribution is 5.95. The predicted molar refractivity (Wildman–Crippen MR) is 146 cm³/mol. The van der Waals surface area contributed by atoms with Gasteiger partial charge in [-0.15, -0.1) is 0 Å². The van der Waals surface area contributed by atoms with Crippen molar-refractivity contribution in [2.45, 2.75) is 77.5 Å². The molecule has 1 heterocycles. The summed E-state index contributed by atoms with van der Waals surface area (Å²) in [4.78, 5) is 65.2. The van der Waals surface area contributed by atoms with Crippen LogP contribution in [0.25, 0.3) is 10.9 Å². The van der Waals surface area contributed by atoms with Gasteiger partial charge >= 0.3 is 5.97 Å². The summed E-state index contributed by atoms with van der Waals surface area (Å²) in [5.41, 5.74) is 12.4. The SMILES string of the molecule is CC(C)CC(NC(=O)C(N)CC(N)=O)C(=O)NC(CC(C)C)C(=O)NC(Cc1c[nH]c2ccccc12)C(=O)O. The van der Waals surface area contributed by atoms with Gasteiger partial charge in [0, 0.05) is 23.5 Å². The summed E-state index contributed by atoms with van der Waals surface area (Å²) in [5, 5.41) is 18.5. The molecule has 0 radical (unpaired) electrons. The van der Waals surface area contributed by atoms with Crippen LogP contribution in [0.3, 0.4) is 0 Å². The summed E-state index contributed by atoms with van der Waals surface area (Å²) in [7, 11) is 0. The van der Waals surface area contributed by atoms with Gasteiger partial charge in [0.25, 0.3) is 0 Å². The van der Waals surface area contributed by atoms with Crippen molar-refractivity contribution in [3.63, 3.8) is 0 Å². The van der Waals surface area contributed by atoms with Crippen molar-refractivity contribution in [2.75, 3.05) is 0 Å². The first kappa shape index (κ1) is 31.3. The Balaban J connectivity index is 2.18. The average Bonchev–Trinajstić information content (AvgIpc) is 3.24. The molecule has 0 bridgehead atoms. The first-order valence-electron chi connectivity index (χ1n) is 13.0. The van der Waals surface area contributed by atoms with E-state index in [-0.39, 0.29) is 37.5 Å². The maximum Gasteiger partial charge on any atom is 0.326 e. The van der Waals surface area contributed by atoms with Crippen LogP contribution in [0, 0.1) is 11.8 Å². The third-order valence-corrected chi connectivity index (χ3v) is 6.15. The van der Waals surface area contributed by atoms with Crippen molar-refractivity contribution in [2.24, 2.45) is 23.3 Å². The van der Waals surface area contributed by atoms with Crippen molar-refractivity contribution >= 4 is 40.5 Å². The topological polar surface area (TPSA) is 209 Å². The number of aromatic nitrogens is 1. The lowest BCUT2D eigenvalue weighted by atomic mass is 9.99. The molecule has 0 aliphatic heterocycles. The van der Waals surface area contributed by atoms with Crippen LogP contribution >= 0.6 is 0 Å². The van der Waals surface area contributed by atoms with Gasteiger partial charge in [-0.25, -0.2) is 4.79 Å². The molecule has 4 atom stereocenters. The van der Waals surface area contributed by atoms with Crippen LogP contribution in [0.4, 0.5) is 0 Å². The highest BCUT2D eigenvalue weighted by Gasteiger charge is 2.31. The molecule has 1 aromatic carbocycles. The number of hydrogen-bond acceptors (Lipinski definition) is 6. The normalized spacial score (nSPS) is 14.4. The number of hydrogen-bond donors (Lipinski definition) is 7. The summed E-state index contributed by atoms with van der Waals surface area (Å²) in [6.45, 7) is 7.44. The van der Waals surface area contributed by atoms with Crippen LogP contribution in [-0.2, 0) is 30.4 Å². The fraction of sp³-hybridized carbons (Fsp3) is 0.519. The minimum atomic E-state index is -1.23. The lowest BCUT2D eigenvalue weighted by molar-refractivity contribution is -0.142. The molecule has 0 saturated heterocycles. The number of nitrogens with one attached hydrogen (secondary N) is 4. The molecule has 0 spiro atoms. The molecule has 4 amide bonds. The average molecular weight is 545 g/mol. The molecule has 214 valence electrons. The highest BCUT2D eigenvalue weighted by Crippen LogP contribution is 2.19. The Bertz CT molecular complexity index is 1180. The third-order valence-electron chi connectivity index (χ3n) is 6.15. The van der Waals surface area contributed by atoms with Gasteiger partial charge in [-0.05, 0) is 36.3 Å². The Hall–Kier alpha value is -3.93. The monoisotopic (exact) mass is 544 g/mol. The van der Waals surface area contributed by atoms with Gasteiger partial charge in [-0.1, -0.05) is 45.9 Å². The molecular formula is C27H40N6O6. The second-order valence-electron chi connectivity index (χ2n) is 10.6. The Morgan fingerprint density at radius 3 is 1.87 bits per heavy atom. The molecule has 39 heavy (non-hydrogen) atoms. The van der Waals surface area contributed by atoms with E-state index in [4.69, 9.17) is 11.5 Å². The van der Waals surface area contributed by atoms with Crippen LogP contribution in [0.1, 0.15) is 52.5 Å². The number of rotatable bonds is 15. The molecule has 0 aliphatic carbocycles. The lowest BCUT2D eigenvalue weighted by Gasteiger charge is -2.26. The maximum absolute atomic E-state index is 13.3. The molecule has 2 aromatic rings.